The molecule has 3 atom stereocenters. The van der Waals surface area contributed by atoms with Gasteiger partial charge in [0.1, 0.15) is 4.88 Å². The Balaban J connectivity index is 1.54. The Labute approximate surface area is 115 Å². The summed E-state index contributed by atoms with van der Waals surface area (Å²) in [6, 6.07) is 3.07. The summed E-state index contributed by atoms with van der Waals surface area (Å²) in [7, 11) is 0. The average Bonchev–Trinajstić information content (AvgIpc) is 3.10. The molecule has 1 aromatic rings. The molecule has 102 valence electrons. The Bertz CT molecular complexity index is 511. The molecule has 19 heavy (non-hydrogen) atoms. The van der Waals surface area contributed by atoms with Crippen molar-refractivity contribution in [1.82, 2.24) is 5.32 Å². The van der Waals surface area contributed by atoms with Crippen LogP contribution >= 0.6 is 11.3 Å². The zero-order valence-electron chi connectivity index (χ0n) is 10.6. The van der Waals surface area contributed by atoms with Crippen LogP contribution in [0, 0.1) is 17.8 Å². The minimum atomic E-state index is -0.975. The zero-order valence-corrected chi connectivity index (χ0v) is 11.4. The van der Waals surface area contributed by atoms with Crippen LogP contribution in [0.2, 0.25) is 0 Å². The van der Waals surface area contributed by atoms with Gasteiger partial charge in [-0.15, -0.1) is 11.3 Å². The maximum Gasteiger partial charge on any atom is 0.345 e. The van der Waals surface area contributed by atoms with Gasteiger partial charge in [0, 0.05) is 6.54 Å². The van der Waals surface area contributed by atoms with Crippen LogP contribution in [-0.4, -0.2) is 23.5 Å². The number of rotatable bonds is 4. The second-order valence-electron chi connectivity index (χ2n) is 5.61. The summed E-state index contributed by atoms with van der Waals surface area (Å²) in [5, 5.41) is 11.8. The third-order valence-electron chi connectivity index (χ3n) is 4.45. The van der Waals surface area contributed by atoms with E-state index < -0.39 is 5.97 Å². The van der Waals surface area contributed by atoms with Crippen molar-refractivity contribution >= 4 is 23.2 Å². The number of fused-ring (bicyclic) bond motifs is 2. The lowest BCUT2D eigenvalue weighted by molar-refractivity contribution is 0.0702. The van der Waals surface area contributed by atoms with Gasteiger partial charge in [-0.3, -0.25) is 4.79 Å². The van der Waals surface area contributed by atoms with Gasteiger partial charge in [0.15, 0.2) is 0 Å². The molecule has 1 aromatic heterocycles. The molecule has 2 N–H and O–H groups in total. The number of carboxylic acid groups (broad SMARTS) is 1. The summed E-state index contributed by atoms with van der Waals surface area (Å²) in [6.07, 6.45) is 5.26. The molecule has 0 saturated heterocycles. The number of amides is 1. The zero-order chi connectivity index (χ0) is 13.4. The van der Waals surface area contributed by atoms with E-state index in [4.69, 9.17) is 5.11 Å². The number of carbonyl (C=O) groups excluding carboxylic acids is 1. The Hall–Kier alpha value is -1.36. The van der Waals surface area contributed by atoms with Gasteiger partial charge in [0.2, 0.25) is 0 Å². The van der Waals surface area contributed by atoms with Crippen LogP contribution in [0.3, 0.4) is 0 Å². The molecule has 0 aliphatic heterocycles. The Morgan fingerprint density at radius 1 is 1.26 bits per heavy atom. The molecule has 2 saturated carbocycles. The van der Waals surface area contributed by atoms with Crippen molar-refractivity contribution in [3.63, 3.8) is 0 Å². The first-order valence-electron chi connectivity index (χ1n) is 6.75. The van der Waals surface area contributed by atoms with Gasteiger partial charge < -0.3 is 10.4 Å². The Morgan fingerprint density at radius 3 is 2.63 bits per heavy atom. The number of carboxylic acids is 1. The van der Waals surface area contributed by atoms with Crippen molar-refractivity contribution in [2.75, 3.05) is 6.54 Å². The van der Waals surface area contributed by atoms with Gasteiger partial charge in [0.05, 0.1) is 4.88 Å². The van der Waals surface area contributed by atoms with Crippen LogP contribution in [0.4, 0.5) is 0 Å². The highest BCUT2D eigenvalue weighted by molar-refractivity contribution is 7.15. The molecule has 1 amide bonds. The van der Waals surface area contributed by atoms with E-state index in [0.29, 0.717) is 10.8 Å². The molecule has 4 nitrogen and oxygen atoms in total. The molecule has 0 radical (unpaired) electrons. The lowest BCUT2D eigenvalue weighted by Crippen LogP contribution is -2.31. The summed E-state index contributed by atoms with van der Waals surface area (Å²) in [6.45, 7) is 0.736. The molecule has 3 rings (SSSR count). The maximum absolute atomic E-state index is 11.9. The smallest absolute Gasteiger partial charge is 0.345 e. The predicted molar refractivity (Wildman–Crippen MR) is 72.5 cm³/mol. The van der Waals surface area contributed by atoms with Crippen molar-refractivity contribution in [3.8, 4) is 0 Å². The predicted octanol–water partition coefficient (Wildman–Crippen LogP) is 2.61. The van der Waals surface area contributed by atoms with E-state index in [1.165, 1.54) is 31.7 Å². The minimum absolute atomic E-state index is 0.139. The summed E-state index contributed by atoms with van der Waals surface area (Å²) >= 11 is 1.04. The summed E-state index contributed by atoms with van der Waals surface area (Å²) in [4.78, 5) is 23.4. The van der Waals surface area contributed by atoms with Crippen LogP contribution < -0.4 is 5.32 Å². The third kappa shape index (κ3) is 2.52. The van der Waals surface area contributed by atoms with Gasteiger partial charge in [0.25, 0.3) is 5.91 Å². The van der Waals surface area contributed by atoms with Crippen molar-refractivity contribution in [2.45, 2.75) is 25.7 Å². The fourth-order valence-electron chi connectivity index (χ4n) is 3.51. The van der Waals surface area contributed by atoms with Gasteiger partial charge in [-0.25, -0.2) is 4.79 Å². The van der Waals surface area contributed by atoms with E-state index in [-0.39, 0.29) is 10.8 Å². The average molecular weight is 279 g/mol. The summed E-state index contributed by atoms with van der Waals surface area (Å²) < 4.78 is 0. The van der Waals surface area contributed by atoms with Crippen LogP contribution in [0.15, 0.2) is 12.1 Å². The third-order valence-corrected chi connectivity index (χ3v) is 5.52. The number of hydrogen-bond donors (Lipinski definition) is 2. The monoisotopic (exact) mass is 279 g/mol. The quantitative estimate of drug-likeness (QED) is 0.890. The molecule has 2 aliphatic carbocycles. The lowest BCUT2D eigenvalue weighted by Gasteiger charge is -2.21. The van der Waals surface area contributed by atoms with Gasteiger partial charge in [-0.1, -0.05) is 6.42 Å². The molecule has 2 bridgehead atoms. The number of carbonyl (C=O) groups is 2. The van der Waals surface area contributed by atoms with Crippen LogP contribution in [0.1, 0.15) is 45.0 Å². The van der Waals surface area contributed by atoms with Crippen molar-refractivity contribution < 1.29 is 14.7 Å². The fraction of sp³-hybridized carbons (Fsp3) is 0.571. The van der Waals surface area contributed by atoms with Crippen molar-refractivity contribution in [2.24, 2.45) is 17.8 Å². The molecule has 2 fully saturated rings. The van der Waals surface area contributed by atoms with Gasteiger partial charge in [-0.2, -0.15) is 0 Å². The van der Waals surface area contributed by atoms with Gasteiger partial charge in [-0.05, 0) is 49.1 Å². The topological polar surface area (TPSA) is 66.4 Å². The van der Waals surface area contributed by atoms with Crippen LogP contribution in [-0.2, 0) is 0 Å². The number of aromatic carboxylic acids is 1. The van der Waals surface area contributed by atoms with E-state index in [9.17, 15) is 9.59 Å². The second-order valence-corrected chi connectivity index (χ2v) is 6.70. The van der Waals surface area contributed by atoms with Crippen LogP contribution in [0.25, 0.3) is 0 Å². The molecule has 3 unspecified atom stereocenters. The van der Waals surface area contributed by atoms with Crippen molar-refractivity contribution in [1.29, 1.82) is 0 Å². The van der Waals surface area contributed by atoms with E-state index in [1.807, 2.05) is 0 Å². The largest absolute Gasteiger partial charge is 0.477 e. The highest BCUT2D eigenvalue weighted by Crippen LogP contribution is 2.47. The van der Waals surface area contributed by atoms with E-state index in [0.717, 1.165) is 29.7 Å². The first-order chi connectivity index (χ1) is 9.13. The summed E-state index contributed by atoms with van der Waals surface area (Å²) in [5.74, 6) is 1.19. The minimum Gasteiger partial charge on any atom is -0.477 e. The molecular formula is C14H17NO3S. The number of hydrogen-bond acceptors (Lipinski definition) is 3. The lowest BCUT2D eigenvalue weighted by atomic mass is 9.89. The molecule has 5 heteroatoms. The van der Waals surface area contributed by atoms with E-state index in [1.54, 1.807) is 6.07 Å². The Morgan fingerprint density at radius 2 is 2.05 bits per heavy atom. The van der Waals surface area contributed by atoms with Gasteiger partial charge >= 0.3 is 5.97 Å². The highest BCUT2D eigenvalue weighted by atomic mass is 32.1. The molecule has 0 spiro atoms. The summed E-state index contributed by atoms with van der Waals surface area (Å²) in [5.41, 5.74) is 0. The number of thiophene rings is 1. The highest BCUT2D eigenvalue weighted by Gasteiger charge is 2.39. The standard InChI is InChI=1S/C14H17NO3S/c16-13(11-3-4-12(19-11)14(17)18)15-7-10-6-8-1-2-9(10)5-8/h3-4,8-10H,1-2,5-7H2,(H,15,16)(H,17,18). The first kappa shape index (κ1) is 12.7. The number of nitrogens with one attached hydrogen (secondary N) is 1. The van der Waals surface area contributed by atoms with Crippen LogP contribution in [0.5, 0.6) is 0 Å². The fourth-order valence-corrected chi connectivity index (χ4v) is 4.27. The van der Waals surface area contributed by atoms with Crippen molar-refractivity contribution in [3.05, 3.63) is 21.9 Å². The molecular weight excluding hydrogens is 262 g/mol. The molecule has 2 aliphatic rings. The van der Waals surface area contributed by atoms with E-state index >= 15 is 0 Å². The normalized spacial score (nSPS) is 28.5. The second kappa shape index (κ2) is 4.96. The SMILES string of the molecule is O=C(O)c1ccc(C(=O)NCC2CC3CCC2C3)s1. The maximum atomic E-state index is 11.9. The molecule has 1 heterocycles. The van der Waals surface area contributed by atoms with E-state index in [2.05, 4.69) is 5.32 Å². The Kier molecular flexibility index (Phi) is 3.31. The first-order valence-corrected chi connectivity index (χ1v) is 7.56. The molecule has 0 aromatic carbocycles.